The van der Waals surface area contributed by atoms with Crippen molar-refractivity contribution in [2.24, 2.45) is 0 Å². The van der Waals surface area contributed by atoms with E-state index in [0.29, 0.717) is 0 Å². The number of aromatic nitrogens is 1. The summed E-state index contributed by atoms with van der Waals surface area (Å²) in [5.74, 6) is -2.06. The van der Waals surface area contributed by atoms with Crippen LogP contribution in [0, 0.1) is 0 Å². The van der Waals surface area contributed by atoms with Gasteiger partial charge >= 0.3 is 17.4 Å². The van der Waals surface area contributed by atoms with E-state index in [1.807, 2.05) is 0 Å². The minimum atomic E-state index is -4.46. The molecule has 0 atom stereocenters. The van der Waals surface area contributed by atoms with Gasteiger partial charge in [0.05, 0.1) is 0 Å². The van der Waals surface area contributed by atoms with E-state index >= 15 is 0 Å². The summed E-state index contributed by atoms with van der Waals surface area (Å²) < 4.78 is 41.5. The second-order valence-corrected chi connectivity index (χ2v) is 4.08. The van der Waals surface area contributed by atoms with Crippen molar-refractivity contribution in [2.75, 3.05) is 0 Å². The second-order valence-electron chi connectivity index (χ2n) is 2.97. The van der Waals surface area contributed by atoms with Gasteiger partial charge in [-0.3, -0.25) is 0 Å². The van der Waals surface area contributed by atoms with Crippen LogP contribution in [0.25, 0.3) is 11.1 Å². The Labute approximate surface area is 96.4 Å². The fourth-order valence-corrected chi connectivity index (χ4v) is 1.86. The lowest BCUT2D eigenvalue weighted by Gasteiger charge is -2.04. The lowest BCUT2D eigenvalue weighted by molar-refractivity contribution is -0.0327. The Bertz CT molecular complexity index is 578. The maximum atomic E-state index is 12.2. The molecule has 0 radical (unpaired) electrons. The lowest BCUT2D eigenvalue weighted by Crippen LogP contribution is -1.99. The van der Waals surface area contributed by atoms with Crippen LogP contribution in [0.3, 0.4) is 0 Å². The Morgan fingerprint density at radius 2 is 2.12 bits per heavy atom. The molecular formula is C9H4F3NO3S. The van der Waals surface area contributed by atoms with Crippen LogP contribution < -0.4 is 0 Å². The van der Waals surface area contributed by atoms with Gasteiger partial charge in [0.2, 0.25) is 0 Å². The van der Waals surface area contributed by atoms with Crippen molar-refractivity contribution in [1.82, 2.24) is 4.98 Å². The van der Waals surface area contributed by atoms with Crippen molar-refractivity contribution in [3.63, 3.8) is 0 Å². The fourth-order valence-electron chi connectivity index (χ4n) is 1.22. The number of aromatic carboxylic acids is 1. The highest BCUT2D eigenvalue weighted by Gasteiger charge is 2.31. The van der Waals surface area contributed by atoms with E-state index in [-0.39, 0.29) is 27.8 Å². The summed E-state index contributed by atoms with van der Waals surface area (Å²) in [5.41, 5.74) is -4.56. The summed E-state index contributed by atoms with van der Waals surface area (Å²) in [6, 6.07) is 3.90. The molecule has 0 spiro atoms. The zero-order valence-electron chi connectivity index (χ0n) is 7.99. The van der Waals surface area contributed by atoms with Crippen LogP contribution in [0.4, 0.5) is 13.2 Å². The van der Waals surface area contributed by atoms with E-state index < -0.39 is 17.4 Å². The normalized spacial score (nSPS) is 11.9. The summed E-state index contributed by atoms with van der Waals surface area (Å²) >= 11 is -0.360. The number of oxazole rings is 1. The van der Waals surface area contributed by atoms with E-state index in [1.54, 1.807) is 0 Å². The molecule has 0 fully saturated rings. The van der Waals surface area contributed by atoms with Crippen LogP contribution in [0.1, 0.15) is 10.7 Å². The van der Waals surface area contributed by atoms with Crippen molar-refractivity contribution in [3.8, 4) is 0 Å². The average molecular weight is 263 g/mol. The molecular weight excluding hydrogens is 259 g/mol. The first-order valence-corrected chi connectivity index (χ1v) is 5.07. The molecule has 0 saturated heterocycles. The molecule has 0 aliphatic rings. The maximum absolute atomic E-state index is 12.2. The molecule has 2 rings (SSSR count). The highest BCUT2D eigenvalue weighted by Crippen LogP contribution is 2.39. The molecule has 0 bridgehead atoms. The molecule has 0 aliphatic carbocycles. The number of thioether (sulfide) groups is 1. The molecule has 0 saturated carbocycles. The van der Waals surface area contributed by atoms with Crippen LogP contribution in [0.2, 0.25) is 0 Å². The van der Waals surface area contributed by atoms with Gasteiger partial charge in [0.15, 0.2) is 5.58 Å². The monoisotopic (exact) mass is 263 g/mol. The number of benzene rings is 1. The van der Waals surface area contributed by atoms with Crippen molar-refractivity contribution in [3.05, 3.63) is 24.1 Å². The number of hydrogen-bond donors (Lipinski definition) is 1. The Morgan fingerprint density at radius 1 is 1.41 bits per heavy atom. The summed E-state index contributed by atoms with van der Waals surface area (Å²) in [6.07, 6.45) is 0. The third-order valence-electron chi connectivity index (χ3n) is 1.79. The molecule has 0 amide bonds. The summed E-state index contributed by atoms with van der Waals surface area (Å²) in [7, 11) is 0. The van der Waals surface area contributed by atoms with E-state index in [4.69, 9.17) is 9.52 Å². The number of carboxylic acid groups (broad SMARTS) is 1. The van der Waals surface area contributed by atoms with Crippen molar-refractivity contribution in [2.45, 2.75) is 10.4 Å². The Morgan fingerprint density at radius 3 is 2.71 bits per heavy atom. The minimum Gasteiger partial charge on any atom is -0.474 e. The standard InChI is InChI=1S/C9H4F3NO3S/c10-9(11,12)17-5-3-1-2-4-6(5)13-7(16-4)8(14)15/h1-3H,(H,14,15). The quantitative estimate of drug-likeness (QED) is 0.843. The van der Waals surface area contributed by atoms with Crippen LogP contribution in [0.5, 0.6) is 0 Å². The molecule has 17 heavy (non-hydrogen) atoms. The third kappa shape index (κ3) is 2.52. The predicted molar refractivity (Wildman–Crippen MR) is 52.9 cm³/mol. The molecule has 4 nitrogen and oxygen atoms in total. The van der Waals surface area contributed by atoms with E-state index in [9.17, 15) is 18.0 Å². The number of carboxylic acids is 1. The van der Waals surface area contributed by atoms with E-state index in [2.05, 4.69) is 4.98 Å². The number of halogens is 3. The van der Waals surface area contributed by atoms with Gasteiger partial charge in [-0.25, -0.2) is 9.78 Å². The van der Waals surface area contributed by atoms with Gasteiger partial charge in [-0.05, 0) is 23.9 Å². The zero-order chi connectivity index (χ0) is 12.6. The largest absolute Gasteiger partial charge is 0.474 e. The first kappa shape index (κ1) is 11.8. The van der Waals surface area contributed by atoms with Gasteiger partial charge in [0, 0.05) is 4.90 Å². The molecule has 2 aromatic rings. The number of hydrogen-bond acceptors (Lipinski definition) is 4. The second kappa shape index (κ2) is 3.95. The first-order valence-electron chi connectivity index (χ1n) is 4.25. The SMILES string of the molecule is O=C(O)c1nc2c(SC(F)(F)F)cccc2o1. The van der Waals surface area contributed by atoms with Gasteiger partial charge < -0.3 is 9.52 Å². The minimum absolute atomic E-state index is 0.0108. The predicted octanol–water partition coefficient (Wildman–Crippen LogP) is 3.14. The summed E-state index contributed by atoms with van der Waals surface area (Å²) in [4.78, 5) is 13.9. The van der Waals surface area contributed by atoms with Gasteiger partial charge in [-0.2, -0.15) is 13.2 Å². The van der Waals surface area contributed by atoms with Gasteiger partial charge in [-0.15, -0.1) is 0 Å². The van der Waals surface area contributed by atoms with Crippen molar-refractivity contribution in [1.29, 1.82) is 0 Å². The van der Waals surface area contributed by atoms with Crippen molar-refractivity contribution >= 4 is 28.8 Å². The number of fused-ring (bicyclic) bond motifs is 1. The smallest absolute Gasteiger partial charge is 0.446 e. The Balaban J connectivity index is 2.53. The average Bonchev–Trinajstić information content (AvgIpc) is 2.60. The Kier molecular flexibility index (Phi) is 2.74. The Hall–Kier alpha value is -1.70. The zero-order valence-corrected chi connectivity index (χ0v) is 8.80. The molecule has 90 valence electrons. The molecule has 0 unspecified atom stereocenters. The van der Waals surface area contributed by atoms with Gasteiger partial charge in [0.25, 0.3) is 0 Å². The number of para-hydroxylation sites is 1. The molecule has 1 aromatic heterocycles. The molecule has 1 N–H and O–H groups in total. The number of alkyl halides is 3. The fraction of sp³-hybridized carbons (Fsp3) is 0.111. The topological polar surface area (TPSA) is 63.3 Å². The van der Waals surface area contributed by atoms with Crippen molar-refractivity contribution < 1.29 is 27.5 Å². The van der Waals surface area contributed by atoms with E-state index in [1.165, 1.54) is 18.2 Å². The molecule has 0 aliphatic heterocycles. The summed E-state index contributed by atoms with van der Waals surface area (Å²) in [6.45, 7) is 0. The van der Waals surface area contributed by atoms with Crippen LogP contribution in [-0.2, 0) is 0 Å². The van der Waals surface area contributed by atoms with Gasteiger partial charge in [-0.1, -0.05) is 6.07 Å². The van der Waals surface area contributed by atoms with Crippen LogP contribution in [-0.4, -0.2) is 21.6 Å². The number of rotatable bonds is 2. The molecule has 8 heteroatoms. The highest BCUT2D eigenvalue weighted by molar-refractivity contribution is 8.00. The van der Waals surface area contributed by atoms with E-state index in [0.717, 1.165) is 0 Å². The van der Waals surface area contributed by atoms with Crippen LogP contribution >= 0.6 is 11.8 Å². The first-order chi connectivity index (χ1) is 7.87. The summed E-state index contributed by atoms with van der Waals surface area (Å²) in [5, 5.41) is 8.62. The number of carbonyl (C=O) groups is 1. The molecule has 1 heterocycles. The highest BCUT2D eigenvalue weighted by atomic mass is 32.2. The number of nitrogens with zero attached hydrogens (tertiary/aromatic N) is 1. The maximum Gasteiger partial charge on any atom is 0.446 e. The van der Waals surface area contributed by atoms with Gasteiger partial charge in [0.1, 0.15) is 5.52 Å². The lowest BCUT2D eigenvalue weighted by atomic mass is 10.3. The third-order valence-corrected chi connectivity index (χ3v) is 2.57. The van der Waals surface area contributed by atoms with Crippen LogP contribution in [0.15, 0.2) is 27.5 Å². The molecule has 1 aromatic carbocycles.